The molecule has 1 unspecified atom stereocenters. The number of furan rings is 1. The summed E-state index contributed by atoms with van der Waals surface area (Å²) >= 11 is 1.45. The zero-order valence-corrected chi connectivity index (χ0v) is 14.6. The Labute approximate surface area is 149 Å². The Morgan fingerprint density at radius 1 is 1.36 bits per heavy atom. The van der Waals surface area contributed by atoms with Crippen LogP contribution in [0.1, 0.15) is 40.2 Å². The second-order valence-electron chi connectivity index (χ2n) is 6.35. The lowest BCUT2D eigenvalue weighted by Crippen LogP contribution is -2.39. The molecule has 2 amide bonds. The van der Waals surface area contributed by atoms with Gasteiger partial charge in [-0.3, -0.25) is 14.9 Å². The van der Waals surface area contributed by atoms with E-state index in [1.165, 1.54) is 23.9 Å². The fourth-order valence-corrected chi connectivity index (χ4v) is 4.29. The highest BCUT2D eigenvalue weighted by Gasteiger charge is 2.29. The van der Waals surface area contributed by atoms with E-state index in [0.717, 1.165) is 36.3 Å². The summed E-state index contributed by atoms with van der Waals surface area (Å²) in [5.74, 6) is 0.119. The zero-order valence-electron chi connectivity index (χ0n) is 13.7. The Hall–Kier alpha value is -2.41. The molecule has 0 spiro atoms. The second kappa shape index (κ2) is 6.84. The summed E-state index contributed by atoms with van der Waals surface area (Å²) in [4.78, 5) is 32.3. The molecule has 6 nitrogen and oxygen atoms in total. The number of anilines is 1. The van der Waals surface area contributed by atoms with Crippen molar-refractivity contribution in [1.29, 1.82) is 0 Å². The molecule has 7 heteroatoms. The third-order valence-electron chi connectivity index (χ3n) is 4.67. The minimum absolute atomic E-state index is 0.111. The van der Waals surface area contributed by atoms with Crippen LogP contribution in [0.4, 0.5) is 5.13 Å². The van der Waals surface area contributed by atoms with Gasteiger partial charge in [-0.2, -0.15) is 0 Å². The molecule has 4 rings (SSSR count). The van der Waals surface area contributed by atoms with Crippen molar-refractivity contribution in [3.05, 3.63) is 46.9 Å². The van der Waals surface area contributed by atoms with E-state index >= 15 is 0 Å². The minimum Gasteiger partial charge on any atom is -0.472 e. The van der Waals surface area contributed by atoms with Crippen LogP contribution >= 0.6 is 11.3 Å². The maximum atomic E-state index is 12.7. The highest BCUT2D eigenvalue weighted by atomic mass is 32.1. The molecule has 0 aromatic carbocycles. The van der Waals surface area contributed by atoms with Crippen LogP contribution in [0.25, 0.3) is 0 Å². The van der Waals surface area contributed by atoms with Crippen LogP contribution in [-0.2, 0) is 17.8 Å². The molecule has 0 fully saturated rings. The number of hydrogen-bond acceptors (Lipinski definition) is 5. The molecule has 0 saturated carbocycles. The predicted molar refractivity (Wildman–Crippen MR) is 94.4 cm³/mol. The summed E-state index contributed by atoms with van der Waals surface area (Å²) in [7, 11) is 0. The van der Waals surface area contributed by atoms with E-state index in [0.29, 0.717) is 23.8 Å². The van der Waals surface area contributed by atoms with Crippen LogP contribution in [0, 0.1) is 5.92 Å². The van der Waals surface area contributed by atoms with E-state index < -0.39 is 0 Å². The molecule has 1 atom stereocenters. The first kappa shape index (κ1) is 16.1. The Morgan fingerprint density at radius 2 is 2.28 bits per heavy atom. The number of thiazole rings is 1. The lowest BCUT2D eigenvalue weighted by atomic mass is 9.92. The van der Waals surface area contributed by atoms with Crippen LogP contribution in [-0.4, -0.2) is 28.2 Å². The number of fused-ring (bicyclic) bond motifs is 1. The number of nitrogens with one attached hydrogen (secondary N) is 1. The van der Waals surface area contributed by atoms with Gasteiger partial charge in [0.05, 0.1) is 24.1 Å². The molecule has 1 aliphatic heterocycles. The third-order valence-corrected chi connectivity index (χ3v) is 5.66. The molecule has 0 radical (unpaired) electrons. The first-order chi connectivity index (χ1) is 12.2. The monoisotopic (exact) mass is 357 g/mol. The van der Waals surface area contributed by atoms with E-state index in [9.17, 15) is 9.59 Å². The molecular formula is C18H19N3O3S. The van der Waals surface area contributed by atoms with E-state index in [4.69, 9.17) is 4.42 Å². The van der Waals surface area contributed by atoms with Crippen molar-refractivity contribution >= 4 is 28.3 Å². The van der Waals surface area contributed by atoms with Crippen molar-refractivity contribution in [2.75, 3.05) is 11.9 Å². The topological polar surface area (TPSA) is 75.4 Å². The van der Waals surface area contributed by atoms with E-state index in [2.05, 4.69) is 22.5 Å². The maximum absolute atomic E-state index is 12.7. The van der Waals surface area contributed by atoms with Gasteiger partial charge < -0.3 is 9.32 Å². The molecule has 1 N–H and O–H groups in total. The molecule has 3 heterocycles. The SMILES string of the molecule is O=C(Nc1nc2c(s1)CN(C(=O)C1CC=CCC1)CC2)c1ccoc1. The van der Waals surface area contributed by atoms with E-state index in [1.807, 2.05) is 4.90 Å². The minimum atomic E-state index is -0.234. The number of hydrogen-bond donors (Lipinski definition) is 1. The second-order valence-corrected chi connectivity index (χ2v) is 7.43. The predicted octanol–water partition coefficient (Wildman–Crippen LogP) is 3.23. The lowest BCUT2D eigenvalue weighted by Gasteiger charge is -2.30. The normalized spacial score (nSPS) is 19.5. The van der Waals surface area contributed by atoms with Crippen molar-refractivity contribution in [3.63, 3.8) is 0 Å². The maximum Gasteiger partial charge on any atom is 0.260 e. The van der Waals surface area contributed by atoms with Gasteiger partial charge in [0, 0.05) is 23.8 Å². The highest BCUT2D eigenvalue weighted by molar-refractivity contribution is 7.15. The van der Waals surface area contributed by atoms with E-state index in [-0.39, 0.29) is 17.7 Å². The summed E-state index contributed by atoms with van der Waals surface area (Å²) in [5, 5.41) is 3.38. The van der Waals surface area contributed by atoms with Crippen LogP contribution in [0.3, 0.4) is 0 Å². The van der Waals surface area contributed by atoms with Gasteiger partial charge in [-0.15, -0.1) is 0 Å². The lowest BCUT2D eigenvalue weighted by molar-refractivity contribution is -0.136. The largest absolute Gasteiger partial charge is 0.472 e. The smallest absolute Gasteiger partial charge is 0.260 e. The number of nitrogens with zero attached hydrogens (tertiary/aromatic N) is 2. The summed E-state index contributed by atoms with van der Waals surface area (Å²) in [6, 6.07) is 1.61. The molecule has 0 bridgehead atoms. The number of rotatable bonds is 3. The van der Waals surface area contributed by atoms with Crippen LogP contribution in [0.5, 0.6) is 0 Å². The quantitative estimate of drug-likeness (QED) is 0.856. The van der Waals surface area contributed by atoms with Crippen molar-refractivity contribution in [1.82, 2.24) is 9.88 Å². The van der Waals surface area contributed by atoms with Gasteiger partial charge in [-0.25, -0.2) is 4.98 Å². The Bertz CT molecular complexity index is 810. The van der Waals surface area contributed by atoms with Gasteiger partial charge in [0.2, 0.25) is 5.91 Å². The first-order valence-corrected chi connectivity index (χ1v) is 9.28. The highest BCUT2D eigenvalue weighted by Crippen LogP contribution is 2.30. The molecule has 2 aromatic rings. The Balaban J connectivity index is 1.43. The van der Waals surface area contributed by atoms with Gasteiger partial charge in [-0.05, 0) is 25.3 Å². The van der Waals surface area contributed by atoms with Crippen LogP contribution < -0.4 is 5.32 Å². The van der Waals surface area contributed by atoms with Crippen LogP contribution in [0.15, 0.2) is 35.2 Å². The number of allylic oxidation sites excluding steroid dienone is 2. The molecule has 2 aliphatic rings. The molecule has 0 saturated heterocycles. The summed E-state index contributed by atoms with van der Waals surface area (Å²) in [6.45, 7) is 1.29. The Kier molecular flexibility index (Phi) is 4.40. The van der Waals surface area contributed by atoms with Gasteiger partial charge in [0.25, 0.3) is 5.91 Å². The van der Waals surface area contributed by atoms with E-state index in [1.54, 1.807) is 6.07 Å². The molecular weight excluding hydrogens is 338 g/mol. The van der Waals surface area contributed by atoms with Gasteiger partial charge >= 0.3 is 0 Å². The number of amides is 2. The molecule has 1 aliphatic carbocycles. The van der Waals surface area contributed by atoms with Crippen molar-refractivity contribution in [2.24, 2.45) is 5.92 Å². The van der Waals surface area contributed by atoms with Crippen molar-refractivity contribution in [3.8, 4) is 0 Å². The average molecular weight is 357 g/mol. The average Bonchev–Trinajstić information content (AvgIpc) is 3.30. The third kappa shape index (κ3) is 3.37. The first-order valence-electron chi connectivity index (χ1n) is 8.46. The Morgan fingerprint density at radius 3 is 3.04 bits per heavy atom. The number of carbonyl (C=O) groups excluding carboxylic acids is 2. The fourth-order valence-electron chi connectivity index (χ4n) is 3.28. The number of carbonyl (C=O) groups is 2. The van der Waals surface area contributed by atoms with Gasteiger partial charge in [0.15, 0.2) is 5.13 Å². The summed E-state index contributed by atoms with van der Waals surface area (Å²) < 4.78 is 4.93. The number of aromatic nitrogens is 1. The molecule has 130 valence electrons. The van der Waals surface area contributed by atoms with Crippen molar-refractivity contribution < 1.29 is 14.0 Å². The fraction of sp³-hybridized carbons (Fsp3) is 0.389. The molecule has 2 aromatic heterocycles. The zero-order chi connectivity index (χ0) is 17.2. The van der Waals surface area contributed by atoms with Gasteiger partial charge in [0.1, 0.15) is 6.26 Å². The standard InChI is InChI=1S/C18H19N3O3S/c22-16(13-7-9-24-11-13)20-18-19-14-6-8-21(10-15(14)25-18)17(23)12-4-2-1-3-5-12/h1-2,7,9,11-12H,3-6,8,10H2,(H,19,20,22). The summed E-state index contributed by atoms with van der Waals surface area (Å²) in [6.07, 6.45) is 10.6. The molecule has 25 heavy (non-hydrogen) atoms. The van der Waals surface area contributed by atoms with Crippen LogP contribution in [0.2, 0.25) is 0 Å². The van der Waals surface area contributed by atoms with Crippen molar-refractivity contribution in [2.45, 2.75) is 32.2 Å². The van der Waals surface area contributed by atoms with Gasteiger partial charge in [-0.1, -0.05) is 23.5 Å². The summed E-state index contributed by atoms with van der Waals surface area (Å²) in [5.41, 5.74) is 1.45.